The van der Waals surface area contributed by atoms with Crippen molar-refractivity contribution in [1.82, 2.24) is 10.5 Å². The monoisotopic (exact) mass is 223 g/mol. The molecule has 88 valence electrons. The fourth-order valence-electron chi connectivity index (χ4n) is 2.02. The van der Waals surface area contributed by atoms with E-state index in [4.69, 9.17) is 4.52 Å². The Hall–Kier alpha value is -1.36. The maximum atomic E-state index is 11.9. The van der Waals surface area contributed by atoms with Gasteiger partial charge >= 0.3 is 0 Å². The summed E-state index contributed by atoms with van der Waals surface area (Å²) < 4.78 is 4.96. The molecule has 2 unspecified atom stereocenters. The minimum absolute atomic E-state index is 0.0319. The first-order valence-corrected chi connectivity index (χ1v) is 5.62. The molecule has 16 heavy (non-hydrogen) atoms. The van der Waals surface area contributed by atoms with Crippen molar-refractivity contribution in [3.05, 3.63) is 11.8 Å². The number of nitrogens with zero attached hydrogens (tertiary/aromatic N) is 1. The van der Waals surface area contributed by atoms with Crippen molar-refractivity contribution < 1.29 is 9.32 Å². The van der Waals surface area contributed by atoms with Gasteiger partial charge < -0.3 is 9.84 Å². The van der Waals surface area contributed by atoms with E-state index in [-0.39, 0.29) is 11.8 Å². The summed E-state index contributed by atoms with van der Waals surface area (Å²) in [5.74, 6) is 0.542. The topological polar surface area (TPSA) is 67.2 Å². The van der Waals surface area contributed by atoms with Crippen LogP contribution in [0.2, 0.25) is 0 Å². The molecule has 0 aromatic carbocycles. The highest BCUT2D eigenvalue weighted by atomic mass is 16.5. The molecule has 2 heterocycles. The Labute approximate surface area is 94.6 Å². The smallest absolute Gasteiger partial charge is 0.231 e. The van der Waals surface area contributed by atoms with E-state index >= 15 is 0 Å². The normalized spacial score (nSPS) is 25.4. The van der Waals surface area contributed by atoms with Crippen molar-refractivity contribution in [2.24, 2.45) is 5.92 Å². The minimum atomic E-state index is 0.0319. The molecule has 5 nitrogen and oxygen atoms in total. The lowest BCUT2D eigenvalue weighted by Gasteiger charge is -2.26. The van der Waals surface area contributed by atoms with Crippen LogP contribution >= 0.6 is 0 Å². The number of carbonyl (C=O) groups excluding carboxylic acids is 1. The highest BCUT2D eigenvalue weighted by molar-refractivity contribution is 5.91. The molecule has 0 saturated carbocycles. The highest BCUT2D eigenvalue weighted by Crippen LogP contribution is 2.18. The number of rotatable bonds is 2. The van der Waals surface area contributed by atoms with Crippen molar-refractivity contribution in [3.63, 3.8) is 0 Å². The van der Waals surface area contributed by atoms with Crippen LogP contribution in [0.25, 0.3) is 0 Å². The van der Waals surface area contributed by atoms with Crippen LogP contribution in [0, 0.1) is 12.8 Å². The number of nitrogens with one attached hydrogen (secondary N) is 2. The van der Waals surface area contributed by atoms with Gasteiger partial charge in [0.1, 0.15) is 0 Å². The van der Waals surface area contributed by atoms with Gasteiger partial charge in [0, 0.05) is 18.0 Å². The molecule has 5 heteroatoms. The Morgan fingerprint density at radius 2 is 2.50 bits per heavy atom. The van der Waals surface area contributed by atoms with Gasteiger partial charge in [-0.1, -0.05) is 5.16 Å². The molecular weight excluding hydrogens is 206 g/mol. The van der Waals surface area contributed by atoms with Crippen molar-refractivity contribution >= 4 is 11.8 Å². The molecule has 1 saturated heterocycles. The molecule has 2 rings (SSSR count). The summed E-state index contributed by atoms with van der Waals surface area (Å²) in [6.45, 7) is 4.82. The number of carbonyl (C=O) groups is 1. The van der Waals surface area contributed by atoms with Crippen LogP contribution in [-0.4, -0.2) is 23.7 Å². The summed E-state index contributed by atoms with van der Waals surface area (Å²) >= 11 is 0. The third-order valence-electron chi connectivity index (χ3n) is 2.87. The largest absolute Gasteiger partial charge is 0.338 e. The molecule has 2 N–H and O–H groups in total. The SMILES string of the molecule is Cc1cc(NC(=O)C2CCNC(C)C2)on1. The van der Waals surface area contributed by atoms with Gasteiger partial charge in [-0.05, 0) is 33.2 Å². The molecule has 2 atom stereocenters. The number of aryl methyl sites for hydroxylation is 1. The number of piperidine rings is 1. The van der Waals surface area contributed by atoms with E-state index in [2.05, 4.69) is 22.7 Å². The Morgan fingerprint density at radius 3 is 3.12 bits per heavy atom. The number of anilines is 1. The summed E-state index contributed by atoms with van der Waals surface area (Å²) in [5.41, 5.74) is 0.772. The molecule has 0 radical (unpaired) electrons. The van der Waals surface area contributed by atoms with Crippen molar-refractivity contribution in [2.45, 2.75) is 32.7 Å². The van der Waals surface area contributed by atoms with E-state index in [0.717, 1.165) is 25.1 Å². The minimum Gasteiger partial charge on any atom is -0.338 e. The fraction of sp³-hybridized carbons (Fsp3) is 0.636. The van der Waals surface area contributed by atoms with Crippen molar-refractivity contribution in [1.29, 1.82) is 0 Å². The van der Waals surface area contributed by atoms with Gasteiger partial charge in [-0.25, -0.2) is 0 Å². The molecule has 1 aromatic rings. The van der Waals surface area contributed by atoms with Crippen LogP contribution in [0.5, 0.6) is 0 Å². The van der Waals surface area contributed by atoms with E-state index in [9.17, 15) is 4.79 Å². The van der Waals surface area contributed by atoms with Gasteiger partial charge in [0.05, 0.1) is 5.69 Å². The summed E-state index contributed by atoms with van der Waals surface area (Å²) in [6.07, 6.45) is 1.75. The van der Waals surface area contributed by atoms with Crippen LogP contribution < -0.4 is 10.6 Å². The fourth-order valence-corrected chi connectivity index (χ4v) is 2.02. The Bertz CT molecular complexity index is 375. The lowest BCUT2D eigenvalue weighted by atomic mass is 9.92. The number of amides is 1. The van der Waals surface area contributed by atoms with E-state index in [0.29, 0.717) is 11.9 Å². The van der Waals surface area contributed by atoms with Crippen LogP contribution in [0.3, 0.4) is 0 Å². The lowest BCUT2D eigenvalue weighted by Crippen LogP contribution is -2.40. The van der Waals surface area contributed by atoms with Crippen LogP contribution in [0.1, 0.15) is 25.5 Å². The molecule has 1 aromatic heterocycles. The Morgan fingerprint density at radius 1 is 1.69 bits per heavy atom. The van der Waals surface area contributed by atoms with Crippen LogP contribution in [-0.2, 0) is 4.79 Å². The van der Waals surface area contributed by atoms with E-state index in [1.165, 1.54) is 0 Å². The molecule has 0 spiro atoms. The second-order valence-electron chi connectivity index (χ2n) is 4.40. The number of hydrogen-bond donors (Lipinski definition) is 2. The lowest BCUT2D eigenvalue weighted by molar-refractivity contribution is -0.121. The molecule has 1 fully saturated rings. The molecule has 0 bridgehead atoms. The van der Waals surface area contributed by atoms with Gasteiger partial charge in [0.2, 0.25) is 11.8 Å². The third kappa shape index (κ3) is 2.61. The van der Waals surface area contributed by atoms with E-state index < -0.39 is 0 Å². The number of aromatic nitrogens is 1. The zero-order chi connectivity index (χ0) is 11.5. The van der Waals surface area contributed by atoms with Crippen LogP contribution in [0.4, 0.5) is 5.88 Å². The summed E-state index contributed by atoms with van der Waals surface area (Å²) in [6, 6.07) is 2.13. The summed E-state index contributed by atoms with van der Waals surface area (Å²) in [4.78, 5) is 11.9. The predicted molar refractivity (Wildman–Crippen MR) is 60.1 cm³/mol. The summed E-state index contributed by atoms with van der Waals surface area (Å²) in [5, 5.41) is 9.80. The number of hydrogen-bond acceptors (Lipinski definition) is 4. The first-order chi connectivity index (χ1) is 7.65. The average molecular weight is 223 g/mol. The third-order valence-corrected chi connectivity index (χ3v) is 2.87. The van der Waals surface area contributed by atoms with Gasteiger partial charge in [-0.3, -0.25) is 10.1 Å². The molecule has 1 amide bonds. The Balaban J connectivity index is 1.92. The van der Waals surface area contributed by atoms with Gasteiger partial charge in [-0.15, -0.1) is 0 Å². The quantitative estimate of drug-likeness (QED) is 0.793. The average Bonchev–Trinajstić information content (AvgIpc) is 2.64. The zero-order valence-corrected chi connectivity index (χ0v) is 9.62. The first-order valence-electron chi connectivity index (χ1n) is 5.62. The van der Waals surface area contributed by atoms with Gasteiger partial charge in [0.15, 0.2) is 0 Å². The molecule has 1 aliphatic heterocycles. The van der Waals surface area contributed by atoms with Crippen molar-refractivity contribution in [3.8, 4) is 0 Å². The molecule has 1 aliphatic rings. The molecular formula is C11H17N3O2. The second-order valence-corrected chi connectivity index (χ2v) is 4.40. The molecule has 0 aliphatic carbocycles. The zero-order valence-electron chi connectivity index (χ0n) is 9.62. The second kappa shape index (κ2) is 4.65. The highest BCUT2D eigenvalue weighted by Gasteiger charge is 2.25. The predicted octanol–water partition coefficient (Wildman–Crippen LogP) is 1.31. The van der Waals surface area contributed by atoms with Crippen molar-refractivity contribution in [2.75, 3.05) is 11.9 Å². The first kappa shape index (κ1) is 11.1. The van der Waals surface area contributed by atoms with Gasteiger partial charge in [0.25, 0.3) is 0 Å². The Kier molecular flexibility index (Phi) is 3.24. The van der Waals surface area contributed by atoms with Gasteiger partial charge in [-0.2, -0.15) is 0 Å². The standard InChI is InChI=1S/C11H17N3O2/c1-7-5-9(3-4-12-7)11(15)13-10-6-8(2)14-16-10/h6-7,9,12H,3-5H2,1-2H3,(H,13,15). The summed E-state index contributed by atoms with van der Waals surface area (Å²) in [7, 11) is 0. The van der Waals surface area contributed by atoms with Crippen LogP contribution in [0.15, 0.2) is 10.6 Å². The maximum absolute atomic E-state index is 11.9. The maximum Gasteiger partial charge on any atom is 0.231 e. The van der Waals surface area contributed by atoms with E-state index in [1.807, 2.05) is 6.92 Å². The van der Waals surface area contributed by atoms with E-state index in [1.54, 1.807) is 6.07 Å².